The fourth-order valence-electron chi connectivity index (χ4n) is 1.28. The summed E-state index contributed by atoms with van der Waals surface area (Å²) in [6.45, 7) is 6.57. The molecule has 0 aromatic carbocycles. The zero-order valence-corrected chi connectivity index (χ0v) is 8.73. The maximum atomic E-state index is 4.29. The molecule has 0 aliphatic carbocycles. The molecule has 14 heavy (non-hydrogen) atoms. The van der Waals surface area contributed by atoms with Gasteiger partial charge in [0.05, 0.1) is 6.20 Å². The summed E-state index contributed by atoms with van der Waals surface area (Å²) in [6.07, 6.45) is 6.64. The lowest BCUT2D eigenvalue weighted by Crippen LogP contribution is -2.16. The number of rotatable bonds is 2. The molecule has 0 saturated heterocycles. The summed E-state index contributed by atoms with van der Waals surface area (Å²) in [7, 11) is 0. The van der Waals surface area contributed by atoms with Crippen molar-refractivity contribution in [2.45, 2.75) is 32.6 Å². The first kappa shape index (κ1) is 9.12. The first-order valence-electron chi connectivity index (χ1n) is 4.80. The van der Waals surface area contributed by atoms with E-state index >= 15 is 0 Å². The highest BCUT2D eigenvalue weighted by Crippen LogP contribution is 2.25. The van der Waals surface area contributed by atoms with Crippen LogP contribution in [0, 0.1) is 0 Å². The molecule has 0 radical (unpaired) electrons. The van der Waals surface area contributed by atoms with Gasteiger partial charge in [-0.05, 0) is 17.4 Å². The summed E-state index contributed by atoms with van der Waals surface area (Å²) in [4.78, 5) is 4.29. The van der Waals surface area contributed by atoms with Crippen LogP contribution >= 0.6 is 0 Å². The van der Waals surface area contributed by atoms with E-state index in [1.54, 1.807) is 10.7 Å². The summed E-state index contributed by atoms with van der Waals surface area (Å²) >= 11 is 0. The normalized spacial score (nSPS) is 12.2. The van der Waals surface area contributed by atoms with Gasteiger partial charge in [-0.3, -0.25) is 0 Å². The van der Waals surface area contributed by atoms with Crippen molar-refractivity contribution in [3.05, 3.63) is 24.2 Å². The molecule has 0 saturated carbocycles. The van der Waals surface area contributed by atoms with Crippen molar-refractivity contribution in [2.75, 3.05) is 0 Å². The smallest absolute Gasteiger partial charge is 0.175 e. The first-order valence-corrected chi connectivity index (χ1v) is 4.80. The van der Waals surface area contributed by atoms with Crippen LogP contribution in [-0.4, -0.2) is 19.8 Å². The van der Waals surface area contributed by atoms with Crippen molar-refractivity contribution in [3.63, 3.8) is 0 Å². The Morgan fingerprint density at radius 2 is 2.14 bits per heavy atom. The van der Waals surface area contributed by atoms with E-state index < -0.39 is 0 Å². The largest absolute Gasteiger partial charge is 0.235 e. The lowest BCUT2D eigenvalue weighted by atomic mass is 9.84. The molecule has 2 heterocycles. The van der Waals surface area contributed by atoms with E-state index in [4.69, 9.17) is 0 Å². The Balaban J connectivity index is 2.53. The monoisotopic (exact) mass is 190 g/mol. The zero-order valence-electron chi connectivity index (χ0n) is 8.73. The second-order valence-corrected chi connectivity index (χ2v) is 4.12. The number of fused-ring (bicyclic) bond motifs is 1. The van der Waals surface area contributed by atoms with Crippen LogP contribution < -0.4 is 0 Å². The summed E-state index contributed by atoms with van der Waals surface area (Å²) < 4.78 is 1.72. The highest BCUT2D eigenvalue weighted by Gasteiger charge is 2.19. The van der Waals surface area contributed by atoms with Crippen LogP contribution in [0.5, 0.6) is 0 Å². The van der Waals surface area contributed by atoms with Gasteiger partial charge < -0.3 is 0 Å². The fraction of sp³-hybridized carbons (Fsp3) is 0.500. The van der Waals surface area contributed by atoms with E-state index in [1.807, 2.05) is 12.4 Å². The number of nitrogens with zero attached hydrogens (tertiary/aromatic N) is 4. The summed E-state index contributed by atoms with van der Waals surface area (Å²) in [5, 5.41) is 7.73. The van der Waals surface area contributed by atoms with Gasteiger partial charge in [0.2, 0.25) is 0 Å². The minimum absolute atomic E-state index is 0.146. The maximum absolute atomic E-state index is 4.29. The maximum Gasteiger partial charge on any atom is 0.175 e. The lowest BCUT2D eigenvalue weighted by molar-refractivity contribution is 0.500. The summed E-state index contributed by atoms with van der Waals surface area (Å²) in [5.41, 5.74) is 2.13. The minimum atomic E-state index is 0.146. The third-order valence-corrected chi connectivity index (χ3v) is 2.82. The standard InChI is InChI=1S/C10H14N4/c1-4-10(2,3)8-5-11-9-6-12-13-14(9)7-8/h5-7H,4H2,1-3H3. The molecule has 0 unspecified atom stereocenters. The van der Waals surface area contributed by atoms with Gasteiger partial charge in [0.1, 0.15) is 0 Å². The van der Waals surface area contributed by atoms with E-state index in [0.29, 0.717) is 0 Å². The number of hydrogen-bond acceptors (Lipinski definition) is 3. The van der Waals surface area contributed by atoms with Crippen molar-refractivity contribution in [1.82, 2.24) is 19.8 Å². The first-order chi connectivity index (χ1) is 6.63. The van der Waals surface area contributed by atoms with Gasteiger partial charge in [-0.2, -0.15) is 0 Å². The second kappa shape index (κ2) is 3.04. The molecular weight excluding hydrogens is 176 g/mol. The molecule has 0 atom stereocenters. The molecule has 0 aliphatic heterocycles. The average Bonchev–Trinajstić information content (AvgIpc) is 2.64. The van der Waals surface area contributed by atoms with Gasteiger partial charge in [0, 0.05) is 12.4 Å². The summed E-state index contributed by atoms with van der Waals surface area (Å²) in [5.74, 6) is 0. The number of aromatic nitrogens is 4. The van der Waals surface area contributed by atoms with Crippen LogP contribution in [-0.2, 0) is 5.41 Å². The van der Waals surface area contributed by atoms with E-state index in [0.717, 1.165) is 12.1 Å². The SMILES string of the molecule is CCC(C)(C)c1cnc2cnnn2c1. The van der Waals surface area contributed by atoms with Crippen molar-refractivity contribution in [2.24, 2.45) is 0 Å². The molecule has 0 spiro atoms. The van der Waals surface area contributed by atoms with Gasteiger partial charge >= 0.3 is 0 Å². The average molecular weight is 190 g/mol. The predicted molar refractivity (Wildman–Crippen MR) is 54.1 cm³/mol. The molecular formula is C10H14N4. The van der Waals surface area contributed by atoms with E-state index in [9.17, 15) is 0 Å². The Kier molecular flexibility index (Phi) is 1.98. The molecule has 2 rings (SSSR count). The van der Waals surface area contributed by atoms with Gasteiger partial charge in [-0.1, -0.05) is 26.0 Å². The van der Waals surface area contributed by atoms with Crippen LogP contribution in [0.2, 0.25) is 0 Å². The van der Waals surface area contributed by atoms with Crippen LogP contribution in [0.1, 0.15) is 32.8 Å². The van der Waals surface area contributed by atoms with Gasteiger partial charge in [0.25, 0.3) is 0 Å². The van der Waals surface area contributed by atoms with Crippen LogP contribution in [0.4, 0.5) is 0 Å². The third-order valence-electron chi connectivity index (χ3n) is 2.82. The van der Waals surface area contributed by atoms with Crippen LogP contribution in [0.3, 0.4) is 0 Å². The molecule has 0 aliphatic rings. The molecule has 2 aromatic rings. The fourth-order valence-corrected chi connectivity index (χ4v) is 1.28. The Labute approximate surface area is 83.0 Å². The van der Waals surface area contributed by atoms with Crippen molar-refractivity contribution in [1.29, 1.82) is 0 Å². The number of hydrogen-bond donors (Lipinski definition) is 0. The van der Waals surface area contributed by atoms with Gasteiger partial charge in [0.15, 0.2) is 5.65 Å². The van der Waals surface area contributed by atoms with Gasteiger partial charge in [-0.25, -0.2) is 9.50 Å². The highest BCUT2D eigenvalue weighted by atomic mass is 15.4. The molecule has 0 bridgehead atoms. The Morgan fingerprint density at radius 1 is 1.36 bits per heavy atom. The lowest BCUT2D eigenvalue weighted by Gasteiger charge is -2.22. The highest BCUT2D eigenvalue weighted by molar-refractivity contribution is 5.34. The van der Waals surface area contributed by atoms with Crippen molar-refractivity contribution in [3.8, 4) is 0 Å². The van der Waals surface area contributed by atoms with Crippen molar-refractivity contribution < 1.29 is 0 Å². The molecule has 4 nitrogen and oxygen atoms in total. The van der Waals surface area contributed by atoms with Crippen molar-refractivity contribution >= 4 is 5.65 Å². The Morgan fingerprint density at radius 3 is 2.86 bits per heavy atom. The Bertz CT molecular complexity index is 444. The van der Waals surface area contributed by atoms with E-state index in [1.165, 1.54) is 5.56 Å². The molecule has 0 fully saturated rings. The summed E-state index contributed by atoms with van der Waals surface area (Å²) in [6, 6.07) is 0. The van der Waals surface area contributed by atoms with E-state index in [-0.39, 0.29) is 5.41 Å². The molecule has 0 amide bonds. The minimum Gasteiger partial charge on any atom is -0.235 e. The van der Waals surface area contributed by atoms with Gasteiger partial charge in [-0.15, -0.1) is 5.10 Å². The molecule has 0 N–H and O–H groups in total. The molecule has 2 aromatic heterocycles. The molecule has 4 heteroatoms. The quantitative estimate of drug-likeness (QED) is 0.725. The van der Waals surface area contributed by atoms with E-state index in [2.05, 4.69) is 36.1 Å². The topological polar surface area (TPSA) is 43.1 Å². The zero-order chi connectivity index (χ0) is 10.2. The predicted octanol–water partition coefficient (Wildman–Crippen LogP) is 1.81. The Hall–Kier alpha value is -1.45. The van der Waals surface area contributed by atoms with Crippen LogP contribution in [0.15, 0.2) is 18.6 Å². The molecule has 74 valence electrons. The van der Waals surface area contributed by atoms with Crippen LogP contribution in [0.25, 0.3) is 5.65 Å². The third kappa shape index (κ3) is 1.36. The second-order valence-electron chi connectivity index (χ2n) is 4.12.